The molecule has 27 heavy (non-hydrogen) atoms. The number of aromatic nitrogens is 3. The molecule has 6 heteroatoms. The molecule has 0 saturated heterocycles. The van der Waals surface area contributed by atoms with Gasteiger partial charge in [0, 0.05) is 16.7 Å². The molecule has 3 aromatic carbocycles. The molecule has 0 fully saturated rings. The second-order valence-corrected chi connectivity index (χ2v) is 5.84. The fraction of sp³-hybridized carbons (Fsp3) is 0. The van der Waals surface area contributed by atoms with E-state index in [0.717, 1.165) is 0 Å². The average molecular weight is 363 g/mol. The molecule has 0 unspecified atom stereocenters. The number of hydrogen-bond acceptors (Lipinski definition) is 3. The van der Waals surface area contributed by atoms with Crippen LogP contribution in [0.1, 0.15) is 0 Å². The highest BCUT2D eigenvalue weighted by Gasteiger charge is 2.13. The Morgan fingerprint density at radius 3 is 1.00 bits per heavy atom. The highest BCUT2D eigenvalue weighted by Crippen LogP contribution is 2.25. The fourth-order valence-corrected chi connectivity index (χ4v) is 2.65. The summed E-state index contributed by atoms with van der Waals surface area (Å²) in [6.07, 6.45) is 0. The van der Waals surface area contributed by atoms with E-state index in [-0.39, 0.29) is 17.5 Å². The summed E-state index contributed by atoms with van der Waals surface area (Å²) in [5.41, 5.74) is 1.31. The van der Waals surface area contributed by atoms with Crippen LogP contribution >= 0.6 is 0 Å². The Bertz CT molecular complexity index is 975. The zero-order chi connectivity index (χ0) is 18.8. The molecular weight excluding hydrogens is 351 g/mol. The SMILES string of the molecule is Fc1cccc(-c2nc(-c3cccc(F)c3)nc(-c3cccc(F)c3)n2)c1. The standard InChI is InChI=1S/C21H12F3N3/c22-16-7-1-4-13(10-16)19-25-20(14-5-2-8-17(23)11-14)27-21(26-19)15-6-3-9-18(24)12-15/h1-12H. The van der Waals surface area contributed by atoms with Crippen LogP contribution in [0.2, 0.25) is 0 Å². The molecule has 0 aliphatic heterocycles. The second kappa shape index (κ2) is 6.99. The van der Waals surface area contributed by atoms with E-state index in [1.54, 1.807) is 18.2 Å². The lowest BCUT2D eigenvalue weighted by molar-refractivity contribution is 0.628. The molecule has 0 aliphatic carbocycles. The van der Waals surface area contributed by atoms with Gasteiger partial charge in [-0.2, -0.15) is 0 Å². The highest BCUT2D eigenvalue weighted by molar-refractivity contribution is 5.66. The van der Waals surface area contributed by atoms with Gasteiger partial charge in [-0.05, 0) is 36.4 Å². The number of halogens is 3. The smallest absolute Gasteiger partial charge is 0.164 e. The summed E-state index contributed by atoms with van der Waals surface area (Å²) < 4.78 is 40.9. The van der Waals surface area contributed by atoms with Crippen LogP contribution < -0.4 is 0 Å². The third-order valence-corrected chi connectivity index (χ3v) is 3.88. The van der Waals surface area contributed by atoms with Gasteiger partial charge in [0.2, 0.25) is 0 Å². The van der Waals surface area contributed by atoms with Gasteiger partial charge >= 0.3 is 0 Å². The molecule has 132 valence electrons. The molecule has 0 saturated carbocycles. The van der Waals surface area contributed by atoms with E-state index in [0.29, 0.717) is 16.7 Å². The zero-order valence-electron chi connectivity index (χ0n) is 13.9. The van der Waals surface area contributed by atoms with E-state index in [4.69, 9.17) is 0 Å². The molecule has 0 spiro atoms. The zero-order valence-corrected chi connectivity index (χ0v) is 13.9. The third-order valence-electron chi connectivity index (χ3n) is 3.88. The van der Waals surface area contributed by atoms with Crippen LogP contribution in [0.4, 0.5) is 13.2 Å². The van der Waals surface area contributed by atoms with E-state index in [2.05, 4.69) is 15.0 Å². The lowest BCUT2D eigenvalue weighted by Gasteiger charge is -2.08. The van der Waals surface area contributed by atoms with Crippen molar-refractivity contribution in [1.82, 2.24) is 15.0 Å². The third kappa shape index (κ3) is 3.69. The van der Waals surface area contributed by atoms with Crippen molar-refractivity contribution in [3.05, 3.63) is 90.2 Å². The number of nitrogens with zero attached hydrogens (tertiary/aromatic N) is 3. The summed E-state index contributed by atoms with van der Waals surface area (Å²) >= 11 is 0. The van der Waals surface area contributed by atoms with Crippen LogP contribution in [0.25, 0.3) is 34.2 Å². The Balaban J connectivity index is 1.94. The molecule has 1 heterocycles. The van der Waals surface area contributed by atoms with Gasteiger partial charge in [0.05, 0.1) is 0 Å². The first kappa shape index (κ1) is 16.9. The van der Waals surface area contributed by atoms with Crippen molar-refractivity contribution in [2.24, 2.45) is 0 Å². The molecule has 0 N–H and O–H groups in total. The van der Waals surface area contributed by atoms with Crippen LogP contribution in [0, 0.1) is 17.5 Å². The molecule has 3 nitrogen and oxygen atoms in total. The fourth-order valence-electron chi connectivity index (χ4n) is 2.65. The molecule has 0 radical (unpaired) electrons. The predicted molar refractivity (Wildman–Crippen MR) is 96.0 cm³/mol. The second-order valence-electron chi connectivity index (χ2n) is 5.84. The molecule has 4 aromatic rings. The molecule has 0 aliphatic rings. The first-order valence-electron chi connectivity index (χ1n) is 8.12. The molecule has 1 aromatic heterocycles. The number of benzene rings is 3. The van der Waals surface area contributed by atoms with Gasteiger partial charge in [0.15, 0.2) is 17.5 Å². The summed E-state index contributed by atoms with van der Waals surface area (Å²) in [5.74, 6) is -0.679. The van der Waals surface area contributed by atoms with Crippen molar-refractivity contribution in [1.29, 1.82) is 0 Å². The van der Waals surface area contributed by atoms with Crippen molar-refractivity contribution in [2.45, 2.75) is 0 Å². The quantitative estimate of drug-likeness (QED) is 0.496. The van der Waals surface area contributed by atoms with Crippen LogP contribution in [-0.4, -0.2) is 15.0 Å². The maximum absolute atomic E-state index is 13.6. The van der Waals surface area contributed by atoms with Crippen LogP contribution in [0.5, 0.6) is 0 Å². The summed E-state index contributed by atoms with van der Waals surface area (Å²) in [6, 6.07) is 17.4. The Morgan fingerprint density at radius 1 is 0.444 bits per heavy atom. The summed E-state index contributed by atoms with van der Waals surface area (Å²) in [6.45, 7) is 0. The van der Waals surface area contributed by atoms with Crippen LogP contribution in [-0.2, 0) is 0 Å². The maximum Gasteiger partial charge on any atom is 0.164 e. The topological polar surface area (TPSA) is 38.7 Å². The summed E-state index contributed by atoms with van der Waals surface area (Å²) in [7, 11) is 0. The number of rotatable bonds is 3. The normalized spacial score (nSPS) is 10.8. The Labute approximate surface area is 153 Å². The summed E-state index contributed by atoms with van der Waals surface area (Å²) in [4.78, 5) is 13.1. The van der Waals surface area contributed by atoms with Crippen LogP contribution in [0.3, 0.4) is 0 Å². The van der Waals surface area contributed by atoms with Crippen molar-refractivity contribution in [2.75, 3.05) is 0 Å². The van der Waals surface area contributed by atoms with Crippen LogP contribution in [0.15, 0.2) is 72.8 Å². The van der Waals surface area contributed by atoms with E-state index in [1.807, 2.05) is 0 Å². The van der Waals surface area contributed by atoms with E-state index in [1.165, 1.54) is 54.6 Å². The minimum Gasteiger partial charge on any atom is -0.208 e. The lowest BCUT2D eigenvalue weighted by atomic mass is 10.1. The largest absolute Gasteiger partial charge is 0.208 e. The molecule has 4 rings (SSSR count). The van der Waals surface area contributed by atoms with E-state index in [9.17, 15) is 13.2 Å². The first-order valence-corrected chi connectivity index (χ1v) is 8.12. The maximum atomic E-state index is 13.6. The number of hydrogen-bond donors (Lipinski definition) is 0. The minimum atomic E-state index is -0.437. The van der Waals surface area contributed by atoms with Gasteiger partial charge in [-0.25, -0.2) is 28.1 Å². The van der Waals surface area contributed by atoms with Crippen molar-refractivity contribution < 1.29 is 13.2 Å². The Morgan fingerprint density at radius 2 is 0.741 bits per heavy atom. The lowest BCUT2D eigenvalue weighted by Crippen LogP contribution is -2.00. The Kier molecular flexibility index (Phi) is 4.38. The van der Waals surface area contributed by atoms with E-state index < -0.39 is 17.5 Å². The molecule has 0 atom stereocenters. The van der Waals surface area contributed by atoms with E-state index >= 15 is 0 Å². The van der Waals surface area contributed by atoms with Gasteiger partial charge in [-0.3, -0.25) is 0 Å². The summed E-state index contributed by atoms with van der Waals surface area (Å²) in [5, 5.41) is 0. The van der Waals surface area contributed by atoms with Crippen molar-refractivity contribution in [3.63, 3.8) is 0 Å². The Hall–Kier alpha value is -3.54. The predicted octanol–water partition coefficient (Wildman–Crippen LogP) is 5.29. The van der Waals surface area contributed by atoms with Crippen molar-refractivity contribution >= 4 is 0 Å². The first-order chi connectivity index (χ1) is 13.1. The molecular formula is C21H12F3N3. The van der Waals surface area contributed by atoms with Gasteiger partial charge < -0.3 is 0 Å². The minimum absolute atomic E-state index is 0.211. The van der Waals surface area contributed by atoms with Crippen molar-refractivity contribution in [3.8, 4) is 34.2 Å². The van der Waals surface area contributed by atoms with Gasteiger partial charge in [-0.1, -0.05) is 36.4 Å². The van der Waals surface area contributed by atoms with Gasteiger partial charge in [0.1, 0.15) is 17.5 Å². The van der Waals surface area contributed by atoms with Gasteiger partial charge in [0.25, 0.3) is 0 Å². The highest BCUT2D eigenvalue weighted by atomic mass is 19.1. The molecule has 0 bridgehead atoms. The van der Waals surface area contributed by atoms with Gasteiger partial charge in [-0.15, -0.1) is 0 Å². The average Bonchev–Trinajstić information content (AvgIpc) is 2.68. The molecule has 0 amide bonds. The monoisotopic (exact) mass is 363 g/mol.